The van der Waals surface area contributed by atoms with E-state index in [4.69, 9.17) is 14.2 Å². The molecule has 0 unspecified atom stereocenters. The van der Waals surface area contributed by atoms with Gasteiger partial charge in [-0.15, -0.1) is 0 Å². The molecule has 0 aliphatic carbocycles. The molecule has 0 radical (unpaired) electrons. The van der Waals surface area contributed by atoms with Gasteiger partial charge in [-0.2, -0.15) is 0 Å². The van der Waals surface area contributed by atoms with Crippen molar-refractivity contribution in [2.75, 3.05) is 13.4 Å². The van der Waals surface area contributed by atoms with Crippen LogP contribution in [0.3, 0.4) is 0 Å². The van der Waals surface area contributed by atoms with Gasteiger partial charge in [0.05, 0.1) is 11.5 Å². The molecule has 1 aliphatic rings. The molecule has 1 heterocycles. The molecule has 0 saturated carbocycles. The van der Waals surface area contributed by atoms with Crippen LogP contribution >= 0.6 is 0 Å². The van der Waals surface area contributed by atoms with Crippen LogP contribution in [-0.2, 0) is 16.6 Å². The average molecular weight is 377 g/mol. The Balaban J connectivity index is 1.78. The fraction of sp³-hybridized carbons (Fsp3) is 0.368. The second-order valence-corrected chi connectivity index (χ2v) is 8.07. The highest BCUT2D eigenvalue weighted by molar-refractivity contribution is 7.89. The first-order chi connectivity index (χ1) is 12.4. The van der Waals surface area contributed by atoms with Crippen molar-refractivity contribution in [3.8, 4) is 17.2 Å². The van der Waals surface area contributed by atoms with Gasteiger partial charge in [-0.3, -0.25) is 0 Å². The summed E-state index contributed by atoms with van der Waals surface area (Å²) in [7, 11) is -3.64. The minimum absolute atomic E-state index is 0.153. The van der Waals surface area contributed by atoms with Gasteiger partial charge in [0.25, 0.3) is 0 Å². The minimum atomic E-state index is -3.64. The fourth-order valence-corrected chi connectivity index (χ4v) is 3.80. The highest BCUT2D eigenvalue weighted by Crippen LogP contribution is 2.33. The first-order valence-electron chi connectivity index (χ1n) is 8.55. The summed E-state index contributed by atoms with van der Waals surface area (Å²) in [5.74, 6) is 2.17. The average Bonchev–Trinajstić information content (AvgIpc) is 3.08. The number of nitrogens with one attached hydrogen (secondary N) is 1. The van der Waals surface area contributed by atoms with Crippen molar-refractivity contribution in [1.29, 1.82) is 0 Å². The Morgan fingerprint density at radius 1 is 1.12 bits per heavy atom. The topological polar surface area (TPSA) is 73.9 Å². The zero-order valence-electron chi connectivity index (χ0n) is 15.1. The van der Waals surface area contributed by atoms with Crippen LogP contribution in [0.25, 0.3) is 0 Å². The molecule has 0 atom stereocenters. The molecular formula is C19H23NO5S. The summed E-state index contributed by atoms with van der Waals surface area (Å²) in [6.07, 6.45) is 0. The molecule has 0 bridgehead atoms. The maximum absolute atomic E-state index is 12.7. The fourth-order valence-electron chi connectivity index (χ4n) is 2.74. The van der Waals surface area contributed by atoms with Crippen molar-refractivity contribution >= 4 is 10.0 Å². The van der Waals surface area contributed by atoms with Crippen LogP contribution in [0.1, 0.15) is 37.8 Å². The van der Waals surface area contributed by atoms with E-state index in [2.05, 4.69) is 4.72 Å². The van der Waals surface area contributed by atoms with Crippen molar-refractivity contribution in [1.82, 2.24) is 4.72 Å². The van der Waals surface area contributed by atoms with Crippen LogP contribution in [0.15, 0.2) is 41.3 Å². The molecular weight excluding hydrogens is 354 g/mol. The Kier molecular flexibility index (Phi) is 5.38. The molecule has 0 amide bonds. The standard InChI is InChI=1S/C19H23NO5S/c1-4-23-17-8-6-15(10-16(17)13(2)3)26(21,22)20-11-14-5-7-18-19(9-14)25-12-24-18/h5-10,13,20H,4,11-12H2,1-3H3. The van der Waals surface area contributed by atoms with E-state index in [0.717, 1.165) is 16.9 Å². The summed E-state index contributed by atoms with van der Waals surface area (Å²) in [6, 6.07) is 10.3. The number of rotatable bonds is 7. The Hall–Kier alpha value is -2.25. The van der Waals surface area contributed by atoms with E-state index in [0.29, 0.717) is 18.1 Å². The largest absolute Gasteiger partial charge is 0.494 e. The van der Waals surface area contributed by atoms with Crippen molar-refractivity contribution in [3.63, 3.8) is 0 Å². The van der Waals surface area contributed by atoms with Crippen LogP contribution in [0, 0.1) is 0 Å². The van der Waals surface area contributed by atoms with Gasteiger partial charge in [0.2, 0.25) is 16.8 Å². The van der Waals surface area contributed by atoms with E-state index in [1.165, 1.54) is 0 Å². The Morgan fingerprint density at radius 3 is 2.62 bits per heavy atom. The van der Waals surface area contributed by atoms with Crippen LogP contribution in [0.4, 0.5) is 0 Å². The number of hydrogen-bond acceptors (Lipinski definition) is 5. The van der Waals surface area contributed by atoms with Crippen LogP contribution in [0.5, 0.6) is 17.2 Å². The molecule has 1 aliphatic heterocycles. The van der Waals surface area contributed by atoms with Crippen molar-refractivity contribution < 1.29 is 22.6 Å². The van der Waals surface area contributed by atoms with Crippen molar-refractivity contribution in [3.05, 3.63) is 47.5 Å². The molecule has 0 fully saturated rings. The summed E-state index contributed by atoms with van der Waals surface area (Å²) in [5, 5.41) is 0. The van der Waals surface area contributed by atoms with E-state index in [9.17, 15) is 8.42 Å². The predicted molar refractivity (Wildman–Crippen MR) is 98.3 cm³/mol. The van der Waals surface area contributed by atoms with Crippen molar-refractivity contribution in [2.24, 2.45) is 0 Å². The molecule has 140 valence electrons. The first-order valence-corrected chi connectivity index (χ1v) is 10.0. The van der Waals surface area contributed by atoms with E-state index < -0.39 is 10.0 Å². The number of benzene rings is 2. The lowest BCUT2D eigenvalue weighted by molar-refractivity contribution is 0.174. The monoisotopic (exact) mass is 377 g/mol. The van der Waals surface area contributed by atoms with Crippen LogP contribution in [-0.4, -0.2) is 21.8 Å². The number of hydrogen-bond donors (Lipinski definition) is 1. The zero-order chi connectivity index (χ0) is 18.7. The van der Waals surface area contributed by atoms with Gasteiger partial charge in [0.1, 0.15) is 5.75 Å². The van der Waals surface area contributed by atoms with E-state index in [-0.39, 0.29) is 24.2 Å². The smallest absolute Gasteiger partial charge is 0.240 e. The summed E-state index contributed by atoms with van der Waals surface area (Å²) in [4.78, 5) is 0.227. The SMILES string of the molecule is CCOc1ccc(S(=O)(=O)NCc2ccc3c(c2)OCO3)cc1C(C)C. The molecule has 6 nitrogen and oxygen atoms in total. The van der Waals surface area contributed by atoms with Gasteiger partial charge >= 0.3 is 0 Å². The van der Waals surface area contributed by atoms with E-state index >= 15 is 0 Å². The molecule has 7 heteroatoms. The third-order valence-electron chi connectivity index (χ3n) is 4.12. The molecule has 2 aromatic rings. The van der Waals surface area contributed by atoms with Gasteiger partial charge in [-0.1, -0.05) is 19.9 Å². The molecule has 3 rings (SSSR count). The van der Waals surface area contributed by atoms with E-state index in [1.807, 2.05) is 26.8 Å². The lowest BCUT2D eigenvalue weighted by Crippen LogP contribution is -2.23. The number of ether oxygens (including phenoxy) is 3. The third-order valence-corrected chi connectivity index (χ3v) is 5.52. The summed E-state index contributed by atoms with van der Waals surface area (Å²) >= 11 is 0. The van der Waals surface area contributed by atoms with Gasteiger partial charge in [0.15, 0.2) is 11.5 Å². The molecule has 1 N–H and O–H groups in total. The number of fused-ring (bicyclic) bond motifs is 1. The van der Waals surface area contributed by atoms with Gasteiger partial charge < -0.3 is 14.2 Å². The Morgan fingerprint density at radius 2 is 1.88 bits per heavy atom. The highest BCUT2D eigenvalue weighted by Gasteiger charge is 2.19. The zero-order valence-corrected chi connectivity index (χ0v) is 15.9. The molecule has 0 saturated heterocycles. The highest BCUT2D eigenvalue weighted by atomic mass is 32.2. The lowest BCUT2D eigenvalue weighted by atomic mass is 10.0. The van der Waals surface area contributed by atoms with Crippen LogP contribution < -0.4 is 18.9 Å². The Labute approximate surface area is 154 Å². The van der Waals surface area contributed by atoms with Crippen molar-refractivity contribution in [2.45, 2.75) is 38.1 Å². The second-order valence-electron chi connectivity index (χ2n) is 6.30. The predicted octanol–water partition coefficient (Wildman–Crippen LogP) is 3.42. The lowest BCUT2D eigenvalue weighted by Gasteiger charge is -2.15. The minimum Gasteiger partial charge on any atom is -0.494 e. The molecule has 26 heavy (non-hydrogen) atoms. The van der Waals surface area contributed by atoms with E-state index in [1.54, 1.807) is 30.3 Å². The quantitative estimate of drug-likeness (QED) is 0.800. The maximum Gasteiger partial charge on any atom is 0.240 e. The molecule has 0 spiro atoms. The summed E-state index contributed by atoms with van der Waals surface area (Å²) < 4.78 is 44.2. The van der Waals surface area contributed by atoms with Gasteiger partial charge in [0, 0.05) is 6.54 Å². The maximum atomic E-state index is 12.7. The first kappa shape index (κ1) is 18.5. The summed E-state index contributed by atoms with van der Waals surface area (Å²) in [6.45, 7) is 6.82. The normalized spacial score (nSPS) is 13.2. The Bertz CT molecular complexity index is 893. The van der Waals surface area contributed by atoms with Gasteiger partial charge in [-0.25, -0.2) is 13.1 Å². The third kappa shape index (κ3) is 3.94. The van der Waals surface area contributed by atoms with Crippen LogP contribution in [0.2, 0.25) is 0 Å². The summed E-state index contributed by atoms with van der Waals surface area (Å²) in [5.41, 5.74) is 1.67. The molecule has 0 aromatic heterocycles. The second kappa shape index (κ2) is 7.55. The number of sulfonamides is 1. The molecule has 2 aromatic carbocycles. The van der Waals surface area contributed by atoms with Gasteiger partial charge in [-0.05, 0) is 54.3 Å².